The van der Waals surface area contributed by atoms with Crippen LogP contribution in [0.25, 0.3) is 0 Å². The number of hydrogen-bond acceptors (Lipinski definition) is 3. The van der Waals surface area contributed by atoms with Crippen LogP contribution in [0.3, 0.4) is 0 Å². The van der Waals surface area contributed by atoms with Crippen molar-refractivity contribution in [3.8, 4) is 0 Å². The first-order chi connectivity index (χ1) is 8.40. The Kier molecular flexibility index (Phi) is 5.27. The van der Waals surface area contributed by atoms with Gasteiger partial charge in [-0.3, -0.25) is 4.79 Å². The van der Waals surface area contributed by atoms with Crippen molar-refractivity contribution in [3.05, 3.63) is 34.1 Å². The van der Waals surface area contributed by atoms with Gasteiger partial charge < -0.3 is 10.1 Å². The van der Waals surface area contributed by atoms with Crippen molar-refractivity contribution in [3.63, 3.8) is 0 Å². The van der Waals surface area contributed by atoms with E-state index in [1.165, 1.54) is 25.1 Å². The molecule has 0 aromatic heterocycles. The molecule has 0 aliphatic carbocycles. The number of carbonyl (C=O) groups excluding carboxylic acids is 2. The number of hydrogen-bond donors (Lipinski definition) is 1. The van der Waals surface area contributed by atoms with Crippen LogP contribution < -0.4 is 5.32 Å². The minimum atomic E-state index is -0.570. The van der Waals surface area contributed by atoms with Gasteiger partial charge in [-0.05, 0) is 41.1 Å². The molecular weight excluding hydrogens is 305 g/mol. The summed E-state index contributed by atoms with van der Waals surface area (Å²) in [4.78, 5) is 22.4. The molecule has 4 nitrogen and oxygen atoms in total. The second-order valence-corrected chi connectivity index (χ2v) is 4.63. The van der Waals surface area contributed by atoms with Crippen LogP contribution >= 0.6 is 15.9 Å². The van der Waals surface area contributed by atoms with Crippen molar-refractivity contribution in [1.29, 1.82) is 0 Å². The average molecular weight is 318 g/mol. The summed E-state index contributed by atoms with van der Waals surface area (Å²) in [5.41, 5.74) is 0.242. The molecule has 18 heavy (non-hydrogen) atoms. The predicted molar refractivity (Wildman–Crippen MR) is 67.7 cm³/mol. The molecular formula is C12H13BrFNO3. The summed E-state index contributed by atoms with van der Waals surface area (Å²) < 4.78 is 18.3. The van der Waals surface area contributed by atoms with Crippen molar-refractivity contribution >= 4 is 27.8 Å². The van der Waals surface area contributed by atoms with E-state index in [-0.39, 0.29) is 18.0 Å². The van der Waals surface area contributed by atoms with E-state index >= 15 is 0 Å². The van der Waals surface area contributed by atoms with Gasteiger partial charge in [0.15, 0.2) is 0 Å². The van der Waals surface area contributed by atoms with Gasteiger partial charge >= 0.3 is 5.97 Å². The van der Waals surface area contributed by atoms with Crippen LogP contribution in [0, 0.1) is 5.82 Å². The van der Waals surface area contributed by atoms with E-state index in [1.807, 2.05) is 0 Å². The maximum absolute atomic E-state index is 12.9. The maximum atomic E-state index is 12.9. The molecule has 1 aromatic rings. The minimum absolute atomic E-state index is 0.194. The Morgan fingerprint density at radius 1 is 1.50 bits per heavy atom. The Hall–Kier alpha value is -1.43. The zero-order chi connectivity index (χ0) is 13.7. The highest BCUT2D eigenvalue weighted by Crippen LogP contribution is 2.19. The van der Waals surface area contributed by atoms with E-state index in [2.05, 4.69) is 21.2 Å². The van der Waals surface area contributed by atoms with Gasteiger partial charge in [0.25, 0.3) is 0 Å². The highest BCUT2D eigenvalue weighted by atomic mass is 79.9. The maximum Gasteiger partial charge on any atom is 0.339 e. The number of benzene rings is 1. The zero-order valence-corrected chi connectivity index (χ0v) is 11.6. The molecule has 98 valence electrons. The lowest BCUT2D eigenvalue weighted by molar-refractivity contribution is -0.119. The van der Waals surface area contributed by atoms with Gasteiger partial charge in [0.2, 0.25) is 5.91 Å². The monoisotopic (exact) mass is 317 g/mol. The van der Waals surface area contributed by atoms with Gasteiger partial charge in [0.1, 0.15) is 11.9 Å². The second kappa shape index (κ2) is 6.49. The molecule has 0 heterocycles. The summed E-state index contributed by atoms with van der Waals surface area (Å²) in [5.74, 6) is -1.20. The van der Waals surface area contributed by atoms with Crippen molar-refractivity contribution in [2.75, 3.05) is 6.54 Å². The summed E-state index contributed by atoms with van der Waals surface area (Å²) in [6.45, 7) is 3.27. The van der Waals surface area contributed by atoms with E-state index in [0.29, 0.717) is 4.47 Å². The minimum Gasteiger partial charge on any atom is -0.457 e. The van der Waals surface area contributed by atoms with Crippen molar-refractivity contribution in [2.45, 2.75) is 20.0 Å². The van der Waals surface area contributed by atoms with Crippen LogP contribution in [0.2, 0.25) is 0 Å². The molecule has 1 amide bonds. The molecule has 0 aliphatic rings. The summed E-state index contributed by atoms with van der Waals surface area (Å²) in [5, 5.41) is 2.54. The molecule has 1 N–H and O–H groups in total. The fourth-order valence-electron chi connectivity index (χ4n) is 1.23. The van der Waals surface area contributed by atoms with E-state index in [4.69, 9.17) is 4.74 Å². The lowest BCUT2D eigenvalue weighted by atomic mass is 10.2. The Balaban J connectivity index is 2.62. The summed E-state index contributed by atoms with van der Waals surface area (Å²) >= 11 is 3.09. The predicted octanol–water partition coefficient (Wildman–Crippen LogP) is 2.27. The Labute approximate surface area is 113 Å². The largest absolute Gasteiger partial charge is 0.457 e. The molecule has 1 unspecified atom stereocenters. The lowest BCUT2D eigenvalue weighted by Crippen LogP contribution is -2.31. The number of rotatable bonds is 4. The van der Waals surface area contributed by atoms with Gasteiger partial charge in [0.05, 0.1) is 12.1 Å². The van der Waals surface area contributed by atoms with Crippen LogP contribution in [0.15, 0.2) is 22.7 Å². The Morgan fingerprint density at radius 3 is 2.72 bits per heavy atom. The summed E-state index contributed by atoms with van der Waals surface area (Å²) in [6.07, 6.45) is -0.460. The topological polar surface area (TPSA) is 55.4 Å². The molecule has 1 aromatic carbocycles. The number of halogens is 2. The molecule has 0 aliphatic heterocycles. The third-order valence-corrected chi connectivity index (χ3v) is 2.75. The lowest BCUT2D eigenvalue weighted by Gasteiger charge is -2.14. The molecule has 0 radical (unpaired) electrons. The van der Waals surface area contributed by atoms with Gasteiger partial charge in [-0.25, -0.2) is 9.18 Å². The Morgan fingerprint density at radius 2 is 2.17 bits per heavy atom. The van der Waals surface area contributed by atoms with Crippen LogP contribution in [0.4, 0.5) is 4.39 Å². The first-order valence-corrected chi connectivity index (χ1v) is 6.10. The number of amides is 1. The second-order valence-electron chi connectivity index (χ2n) is 3.78. The Bertz CT molecular complexity index is 465. The summed E-state index contributed by atoms with van der Waals surface area (Å²) in [6, 6.07) is 3.71. The van der Waals surface area contributed by atoms with Gasteiger partial charge in [-0.2, -0.15) is 0 Å². The normalized spacial score (nSPS) is 11.8. The van der Waals surface area contributed by atoms with Gasteiger partial charge in [-0.1, -0.05) is 0 Å². The third kappa shape index (κ3) is 4.44. The molecule has 0 bridgehead atoms. The first kappa shape index (κ1) is 14.6. The molecule has 6 heteroatoms. The number of ether oxygens (including phenoxy) is 1. The average Bonchev–Trinajstić information content (AvgIpc) is 2.26. The van der Waals surface area contributed by atoms with E-state index in [0.717, 1.165) is 0 Å². The molecule has 1 atom stereocenters. The van der Waals surface area contributed by atoms with Crippen LogP contribution in [-0.4, -0.2) is 24.5 Å². The molecule has 0 fully saturated rings. The van der Waals surface area contributed by atoms with Crippen LogP contribution in [-0.2, 0) is 9.53 Å². The van der Waals surface area contributed by atoms with Gasteiger partial charge in [-0.15, -0.1) is 0 Å². The highest BCUT2D eigenvalue weighted by molar-refractivity contribution is 9.10. The molecule has 0 spiro atoms. The zero-order valence-electron chi connectivity index (χ0n) is 10.00. The van der Waals surface area contributed by atoms with Crippen molar-refractivity contribution < 1.29 is 18.7 Å². The number of esters is 1. The number of nitrogens with one attached hydrogen (secondary N) is 1. The third-order valence-electron chi connectivity index (χ3n) is 2.10. The first-order valence-electron chi connectivity index (χ1n) is 5.30. The van der Waals surface area contributed by atoms with Gasteiger partial charge in [0, 0.05) is 11.4 Å². The standard InChI is InChI=1S/C12H13BrFNO3/c1-7(6-15-8(2)16)18-12(17)10-4-3-9(14)5-11(10)13/h3-5,7H,6H2,1-2H3,(H,15,16). The van der Waals surface area contributed by atoms with E-state index in [1.54, 1.807) is 6.92 Å². The quantitative estimate of drug-likeness (QED) is 0.867. The van der Waals surface area contributed by atoms with Crippen molar-refractivity contribution in [1.82, 2.24) is 5.32 Å². The molecule has 1 rings (SSSR count). The van der Waals surface area contributed by atoms with E-state index < -0.39 is 17.9 Å². The highest BCUT2D eigenvalue weighted by Gasteiger charge is 2.15. The van der Waals surface area contributed by atoms with E-state index in [9.17, 15) is 14.0 Å². The van der Waals surface area contributed by atoms with Crippen LogP contribution in [0.1, 0.15) is 24.2 Å². The fourth-order valence-corrected chi connectivity index (χ4v) is 1.74. The summed E-state index contributed by atoms with van der Waals surface area (Å²) in [7, 11) is 0. The number of carbonyl (C=O) groups is 2. The smallest absolute Gasteiger partial charge is 0.339 e. The molecule has 0 saturated carbocycles. The SMILES string of the molecule is CC(=O)NCC(C)OC(=O)c1ccc(F)cc1Br. The fraction of sp³-hybridized carbons (Fsp3) is 0.333. The molecule has 0 saturated heterocycles. The van der Waals surface area contributed by atoms with Crippen molar-refractivity contribution in [2.24, 2.45) is 0 Å². The van der Waals surface area contributed by atoms with Crippen LogP contribution in [0.5, 0.6) is 0 Å².